The van der Waals surface area contributed by atoms with Crippen LogP contribution in [-0.2, 0) is 24.1 Å². The average Bonchev–Trinajstić information content (AvgIpc) is 2.92. The van der Waals surface area contributed by atoms with Crippen LogP contribution in [0.1, 0.15) is 24.3 Å². The van der Waals surface area contributed by atoms with Crippen LogP contribution in [0.25, 0.3) is 0 Å². The van der Waals surface area contributed by atoms with Gasteiger partial charge >= 0.3 is 0 Å². The molecule has 0 bridgehead atoms. The Morgan fingerprint density at radius 1 is 1.55 bits per heavy atom. The molecule has 8 nitrogen and oxygen atoms in total. The van der Waals surface area contributed by atoms with E-state index in [1.54, 1.807) is 18.0 Å². The van der Waals surface area contributed by atoms with Crippen molar-refractivity contribution in [1.82, 2.24) is 19.7 Å². The molecule has 0 aliphatic rings. The maximum atomic E-state index is 9.00. The van der Waals surface area contributed by atoms with E-state index in [4.69, 9.17) is 20.1 Å². The van der Waals surface area contributed by atoms with Gasteiger partial charge < -0.3 is 19.8 Å². The van der Waals surface area contributed by atoms with Crippen molar-refractivity contribution in [2.24, 2.45) is 12.8 Å². The predicted molar refractivity (Wildman–Crippen MR) is 73.0 cm³/mol. The van der Waals surface area contributed by atoms with Crippen LogP contribution in [0.4, 0.5) is 0 Å². The van der Waals surface area contributed by atoms with Gasteiger partial charge in [-0.3, -0.25) is 4.79 Å². The van der Waals surface area contributed by atoms with Crippen molar-refractivity contribution in [2.45, 2.75) is 31.3 Å². The summed E-state index contributed by atoms with van der Waals surface area (Å²) in [6.07, 6.45) is 1.66. The number of carbonyl (C=O) groups is 1. The van der Waals surface area contributed by atoms with Crippen LogP contribution in [0.2, 0.25) is 0 Å². The van der Waals surface area contributed by atoms with Crippen molar-refractivity contribution >= 4 is 17.7 Å². The maximum Gasteiger partial charge on any atom is 0.300 e. The zero-order valence-electron chi connectivity index (χ0n) is 11.5. The van der Waals surface area contributed by atoms with Gasteiger partial charge in [-0.05, 0) is 0 Å². The summed E-state index contributed by atoms with van der Waals surface area (Å²) in [5.41, 5.74) is 6.42. The number of thioether (sulfide) groups is 1. The number of nitrogens with two attached hydrogens (primary N) is 1. The molecule has 0 atom stereocenters. The number of carboxylic acid groups (broad SMARTS) is 1. The minimum Gasteiger partial charge on any atom is -0.481 e. The van der Waals surface area contributed by atoms with Crippen LogP contribution in [0.15, 0.2) is 15.8 Å². The Labute approximate surface area is 120 Å². The highest BCUT2D eigenvalue weighted by atomic mass is 32.2. The number of aryl methyl sites for hydroxylation is 1. The van der Waals surface area contributed by atoms with Crippen molar-refractivity contribution in [3.8, 4) is 0 Å². The molecule has 0 radical (unpaired) electrons. The van der Waals surface area contributed by atoms with Crippen LogP contribution in [-0.4, -0.2) is 30.8 Å². The number of carboxylic acids is 1. The second-order valence-corrected chi connectivity index (χ2v) is 4.77. The van der Waals surface area contributed by atoms with Crippen molar-refractivity contribution in [3.05, 3.63) is 23.7 Å². The Morgan fingerprint density at radius 3 is 2.65 bits per heavy atom. The Kier molecular flexibility index (Phi) is 6.19. The molecule has 0 saturated carbocycles. The van der Waals surface area contributed by atoms with E-state index in [2.05, 4.69) is 15.2 Å². The van der Waals surface area contributed by atoms with E-state index in [1.807, 2.05) is 18.5 Å². The molecule has 110 valence electrons. The fourth-order valence-corrected chi connectivity index (χ4v) is 2.07. The molecule has 3 N–H and O–H groups in total. The lowest BCUT2D eigenvalue weighted by Crippen LogP contribution is -2.05. The van der Waals surface area contributed by atoms with Gasteiger partial charge in [0.1, 0.15) is 12.1 Å². The number of nitrogens with zero attached hydrogens (tertiary/aromatic N) is 4. The van der Waals surface area contributed by atoms with Crippen LogP contribution in [0.3, 0.4) is 0 Å². The smallest absolute Gasteiger partial charge is 0.300 e. The van der Waals surface area contributed by atoms with Gasteiger partial charge in [-0.25, -0.2) is 4.98 Å². The summed E-state index contributed by atoms with van der Waals surface area (Å²) >= 11 is 1.56. The van der Waals surface area contributed by atoms with Gasteiger partial charge in [0.15, 0.2) is 11.0 Å². The molecule has 2 aromatic rings. The number of hydrogen-bond acceptors (Lipinski definition) is 7. The molecule has 2 aromatic heterocycles. The predicted octanol–water partition coefficient (Wildman–Crippen LogP) is 0.953. The average molecular weight is 299 g/mol. The fourth-order valence-electron chi connectivity index (χ4n) is 1.26. The lowest BCUT2D eigenvalue weighted by atomic mass is 10.6. The summed E-state index contributed by atoms with van der Waals surface area (Å²) < 4.78 is 7.01. The summed E-state index contributed by atoms with van der Waals surface area (Å²) in [4.78, 5) is 13.2. The van der Waals surface area contributed by atoms with Gasteiger partial charge in [-0.2, -0.15) is 0 Å². The zero-order chi connectivity index (χ0) is 15.1. The third-order valence-corrected chi connectivity index (χ3v) is 3.18. The topological polar surface area (TPSA) is 120 Å². The van der Waals surface area contributed by atoms with E-state index in [0.717, 1.165) is 23.6 Å². The highest BCUT2D eigenvalue weighted by Gasteiger charge is 2.09. The lowest BCUT2D eigenvalue weighted by molar-refractivity contribution is -0.134. The molecule has 0 aliphatic carbocycles. The van der Waals surface area contributed by atoms with E-state index in [9.17, 15) is 0 Å². The number of aliphatic carboxylic acids is 1. The molecule has 0 aromatic carbocycles. The van der Waals surface area contributed by atoms with Crippen molar-refractivity contribution in [2.75, 3.05) is 0 Å². The summed E-state index contributed by atoms with van der Waals surface area (Å²) in [5, 5.41) is 16.3. The largest absolute Gasteiger partial charge is 0.481 e. The zero-order valence-corrected chi connectivity index (χ0v) is 12.3. The third-order valence-electron chi connectivity index (χ3n) is 2.12. The first-order valence-electron chi connectivity index (χ1n) is 5.75. The highest BCUT2D eigenvalue weighted by Crippen LogP contribution is 2.20. The van der Waals surface area contributed by atoms with E-state index < -0.39 is 5.97 Å². The summed E-state index contributed by atoms with van der Waals surface area (Å²) in [6.45, 7) is 3.30. The van der Waals surface area contributed by atoms with Crippen LogP contribution < -0.4 is 5.73 Å². The monoisotopic (exact) mass is 299 g/mol. The quantitative estimate of drug-likeness (QED) is 0.801. The SMILES string of the molecule is CC(=O)O.Cc1nc(CSc2nnc(CN)n2C)co1. The second kappa shape index (κ2) is 7.65. The summed E-state index contributed by atoms with van der Waals surface area (Å²) in [6, 6.07) is 0. The van der Waals surface area contributed by atoms with E-state index in [-0.39, 0.29) is 0 Å². The van der Waals surface area contributed by atoms with Crippen molar-refractivity contribution in [3.63, 3.8) is 0 Å². The van der Waals surface area contributed by atoms with Crippen LogP contribution in [0.5, 0.6) is 0 Å². The maximum absolute atomic E-state index is 9.00. The standard InChI is InChI=1S/C9H13N5OS.C2H4O2/c1-6-11-7(4-15-6)5-16-9-13-12-8(3-10)14(9)2;1-2(3)4/h4H,3,5,10H2,1-2H3;1H3,(H,3,4). The first-order chi connectivity index (χ1) is 9.43. The molecule has 0 fully saturated rings. The van der Waals surface area contributed by atoms with E-state index >= 15 is 0 Å². The molecule has 0 aliphatic heterocycles. The minimum atomic E-state index is -0.833. The van der Waals surface area contributed by atoms with Gasteiger partial charge in [0.25, 0.3) is 5.97 Å². The van der Waals surface area contributed by atoms with Gasteiger partial charge in [0, 0.05) is 26.6 Å². The Morgan fingerprint density at radius 2 is 2.20 bits per heavy atom. The molecule has 0 spiro atoms. The molecular weight excluding hydrogens is 282 g/mol. The first-order valence-corrected chi connectivity index (χ1v) is 6.74. The number of oxazole rings is 1. The summed E-state index contributed by atoms with van der Waals surface area (Å²) in [7, 11) is 1.90. The molecule has 0 amide bonds. The third kappa shape index (κ3) is 5.02. The van der Waals surface area contributed by atoms with Gasteiger partial charge in [-0.1, -0.05) is 11.8 Å². The van der Waals surface area contributed by atoms with Crippen molar-refractivity contribution < 1.29 is 14.3 Å². The Balaban J connectivity index is 0.000000444. The summed E-state index contributed by atoms with van der Waals surface area (Å²) in [5.74, 6) is 1.34. The van der Waals surface area contributed by atoms with Crippen molar-refractivity contribution in [1.29, 1.82) is 0 Å². The number of rotatable bonds is 4. The van der Waals surface area contributed by atoms with Crippen LogP contribution >= 0.6 is 11.8 Å². The molecule has 2 rings (SSSR count). The first kappa shape index (κ1) is 16.2. The molecule has 20 heavy (non-hydrogen) atoms. The molecule has 2 heterocycles. The Bertz CT molecular complexity index is 562. The molecule has 9 heteroatoms. The van der Waals surface area contributed by atoms with Gasteiger partial charge in [0.2, 0.25) is 0 Å². The van der Waals surface area contributed by atoms with E-state index in [0.29, 0.717) is 18.2 Å². The molecule has 0 unspecified atom stereocenters. The number of aromatic nitrogens is 4. The molecular formula is C11H17N5O3S. The Hall–Kier alpha value is -1.87. The molecule has 0 saturated heterocycles. The second-order valence-electron chi connectivity index (χ2n) is 3.83. The normalized spacial score (nSPS) is 10.0. The number of hydrogen-bond donors (Lipinski definition) is 2. The lowest BCUT2D eigenvalue weighted by Gasteiger charge is -2.00. The highest BCUT2D eigenvalue weighted by molar-refractivity contribution is 7.98. The minimum absolute atomic E-state index is 0.396. The van der Waals surface area contributed by atoms with Gasteiger partial charge in [0.05, 0.1) is 12.2 Å². The fraction of sp³-hybridized carbons (Fsp3) is 0.455. The van der Waals surface area contributed by atoms with E-state index in [1.165, 1.54) is 0 Å². The van der Waals surface area contributed by atoms with Gasteiger partial charge in [-0.15, -0.1) is 10.2 Å². The van der Waals surface area contributed by atoms with Crippen LogP contribution in [0, 0.1) is 6.92 Å².